The first-order chi connectivity index (χ1) is 12.2. The molecule has 0 aromatic heterocycles. The van der Waals surface area contributed by atoms with Crippen molar-refractivity contribution in [1.82, 2.24) is 0 Å². The van der Waals surface area contributed by atoms with Crippen molar-refractivity contribution in [3.63, 3.8) is 0 Å². The lowest BCUT2D eigenvalue weighted by Crippen LogP contribution is -2.44. The van der Waals surface area contributed by atoms with Crippen LogP contribution in [0.2, 0.25) is 0 Å². The van der Waals surface area contributed by atoms with Gasteiger partial charge in [-0.25, -0.2) is 0 Å². The molecule has 2 unspecified atom stereocenters. The Hall–Kier alpha value is -0.0800. The Bertz CT molecular complexity index is 257. The van der Waals surface area contributed by atoms with Crippen LogP contribution in [-0.4, -0.2) is 19.0 Å². The van der Waals surface area contributed by atoms with E-state index in [1.807, 2.05) is 0 Å². The van der Waals surface area contributed by atoms with Gasteiger partial charge in [0.15, 0.2) is 5.79 Å². The van der Waals surface area contributed by atoms with Crippen molar-refractivity contribution in [2.75, 3.05) is 13.2 Å². The summed E-state index contributed by atoms with van der Waals surface area (Å²) < 4.78 is 12.8. The Morgan fingerprint density at radius 3 is 1.80 bits per heavy atom. The van der Waals surface area contributed by atoms with Gasteiger partial charge in [-0.3, -0.25) is 0 Å². The SMILES string of the molecule is CCCCCCCCC(CCCC)C(CCCC)(OCC)OCCC. The Balaban J connectivity index is 4.88. The maximum atomic E-state index is 6.45. The molecular weight excluding hydrogens is 308 g/mol. The number of hydrogen-bond donors (Lipinski definition) is 0. The molecule has 25 heavy (non-hydrogen) atoms. The highest BCUT2D eigenvalue weighted by Gasteiger charge is 2.39. The van der Waals surface area contributed by atoms with Crippen molar-refractivity contribution in [3.05, 3.63) is 0 Å². The predicted molar refractivity (Wildman–Crippen MR) is 111 cm³/mol. The zero-order valence-electron chi connectivity index (χ0n) is 18.2. The van der Waals surface area contributed by atoms with Gasteiger partial charge in [0.05, 0.1) is 0 Å². The summed E-state index contributed by atoms with van der Waals surface area (Å²) in [5, 5.41) is 0. The number of hydrogen-bond acceptors (Lipinski definition) is 2. The molecule has 0 radical (unpaired) electrons. The van der Waals surface area contributed by atoms with Gasteiger partial charge in [0.1, 0.15) is 0 Å². The molecule has 0 N–H and O–H groups in total. The van der Waals surface area contributed by atoms with E-state index in [1.165, 1.54) is 77.0 Å². The molecule has 0 saturated heterocycles. The molecule has 152 valence electrons. The van der Waals surface area contributed by atoms with Crippen LogP contribution in [0.1, 0.15) is 125 Å². The molecule has 0 aromatic rings. The van der Waals surface area contributed by atoms with E-state index in [4.69, 9.17) is 9.47 Å². The molecule has 0 aromatic carbocycles. The van der Waals surface area contributed by atoms with Crippen molar-refractivity contribution in [2.24, 2.45) is 5.92 Å². The van der Waals surface area contributed by atoms with E-state index in [-0.39, 0.29) is 5.79 Å². The summed E-state index contributed by atoms with van der Waals surface area (Å²) in [7, 11) is 0. The Kier molecular flexibility index (Phi) is 17.3. The third-order valence-corrected chi connectivity index (χ3v) is 5.25. The summed E-state index contributed by atoms with van der Waals surface area (Å²) in [4.78, 5) is 0. The fraction of sp³-hybridized carbons (Fsp3) is 1.00. The lowest BCUT2D eigenvalue weighted by Gasteiger charge is -2.41. The van der Waals surface area contributed by atoms with Gasteiger partial charge < -0.3 is 9.47 Å². The molecule has 0 amide bonds. The minimum absolute atomic E-state index is 0.334. The molecule has 2 atom stereocenters. The van der Waals surface area contributed by atoms with Gasteiger partial charge in [0.2, 0.25) is 0 Å². The van der Waals surface area contributed by atoms with Gasteiger partial charge in [-0.2, -0.15) is 0 Å². The Morgan fingerprint density at radius 2 is 1.20 bits per heavy atom. The lowest BCUT2D eigenvalue weighted by molar-refractivity contribution is -0.272. The van der Waals surface area contributed by atoms with E-state index in [9.17, 15) is 0 Å². The van der Waals surface area contributed by atoms with Gasteiger partial charge in [-0.05, 0) is 32.6 Å². The molecule has 2 nitrogen and oxygen atoms in total. The molecule has 0 bridgehead atoms. The molecule has 0 aliphatic carbocycles. The molecule has 0 fully saturated rings. The van der Waals surface area contributed by atoms with Gasteiger partial charge in [0.25, 0.3) is 0 Å². The highest BCUT2D eigenvalue weighted by Crippen LogP contribution is 2.37. The molecule has 0 saturated carbocycles. The fourth-order valence-electron chi connectivity index (χ4n) is 3.77. The van der Waals surface area contributed by atoms with Crippen molar-refractivity contribution >= 4 is 0 Å². The maximum Gasteiger partial charge on any atom is 0.171 e. The van der Waals surface area contributed by atoms with Crippen molar-refractivity contribution < 1.29 is 9.47 Å². The second-order valence-electron chi connectivity index (χ2n) is 7.59. The van der Waals surface area contributed by atoms with Crippen LogP contribution in [0.4, 0.5) is 0 Å². The fourth-order valence-corrected chi connectivity index (χ4v) is 3.77. The predicted octanol–water partition coefficient (Wildman–Crippen LogP) is 7.89. The molecule has 0 aliphatic rings. The standard InChI is InChI=1S/C23H48O2/c1-6-11-14-15-16-17-19-22(18-12-7-2)23(24-10-5,20-13-8-3)25-21-9-4/h22H,6-21H2,1-5H3. The first-order valence-corrected chi connectivity index (χ1v) is 11.5. The van der Waals surface area contributed by atoms with E-state index in [0.29, 0.717) is 5.92 Å². The molecule has 0 spiro atoms. The first-order valence-electron chi connectivity index (χ1n) is 11.5. The average Bonchev–Trinajstić information content (AvgIpc) is 2.63. The number of unbranched alkanes of at least 4 members (excludes halogenated alkanes) is 7. The average molecular weight is 357 g/mol. The Morgan fingerprint density at radius 1 is 0.600 bits per heavy atom. The van der Waals surface area contributed by atoms with Crippen molar-refractivity contribution in [1.29, 1.82) is 0 Å². The summed E-state index contributed by atoms with van der Waals surface area (Å²) in [6.45, 7) is 12.8. The summed E-state index contributed by atoms with van der Waals surface area (Å²) in [6, 6.07) is 0. The zero-order chi connectivity index (χ0) is 18.8. The van der Waals surface area contributed by atoms with Gasteiger partial charge in [-0.1, -0.05) is 85.5 Å². The van der Waals surface area contributed by atoms with E-state index >= 15 is 0 Å². The number of rotatable bonds is 19. The van der Waals surface area contributed by atoms with Crippen LogP contribution in [0.5, 0.6) is 0 Å². The quantitative estimate of drug-likeness (QED) is 0.173. The second-order valence-corrected chi connectivity index (χ2v) is 7.59. The van der Waals surface area contributed by atoms with Crippen molar-refractivity contribution in [3.8, 4) is 0 Å². The normalized spacial score (nSPS) is 15.2. The van der Waals surface area contributed by atoms with Crippen LogP contribution in [0.3, 0.4) is 0 Å². The van der Waals surface area contributed by atoms with Gasteiger partial charge in [-0.15, -0.1) is 0 Å². The summed E-state index contributed by atoms with van der Waals surface area (Å²) in [6.07, 6.45) is 17.8. The van der Waals surface area contributed by atoms with E-state index < -0.39 is 0 Å². The minimum Gasteiger partial charge on any atom is -0.350 e. The lowest BCUT2D eigenvalue weighted by atomic mass is 9.84. The second kappa shape index (κ2) is 17.3. The van der Waals surface area contributed by atoms with E-state index in [0.717, 1.165) is 26.1 Å². The monoisotopic (exact) mass is 356 g/mol. The van der Waals surface area contributed by atoms with Gasteiger partial charge in [0, 0.05) is 25.6 Å². The largest absolute Gasteiger partial charge is 0.350 e. The third-order valence-electron chi connectivity index (χ3n) is 5.25. The third kappa shape index (κ3) is 11.3. The maximum absolute atomic E-state index is 6.45. The topological polar surface area (TPSA) is 18.5 Å². The van der Waals surface area contributed by atoms with E-state index in [1.54, 1.807) is 0 Å². The summed E-state index contributed by atoms with van der Waals surface area (Å²) in [5.41, 5.74) is 0. The number of ether oxygens (including phenoxy) is 2. The van der Waals surface area contributed by atoms with E-state index in [2.05, 4.69) is 34.6 Å². The highest BCUT2D eigenvalue weighted by molar-refractivity contribution is 4.81. The van der Waals surface area contributed by atoms with Gasteiger partial charge >= 0.3 is 0 Å². The molecular formula is C23H48O2. The van der Waals surface area contributed by atoms with Crippen LogP contribution in [0.15, 0.2) is 0 Å². The Labute approximate surface area is 159 Å². The molecule has 0 heterocycles. The van der Waals surface area contributed by atoms with Crippen LogP contribution < -0.4 is 0 Å². The molecule has 2 heteroatoms. The first kappa shape index (κ1) is 24.9. The summed E-state index contributed by atoms with van der Waals surface area (Å²) >= 11 is 0. The minimum atomic E-state index is -0.334. The summed E-state index contributed by atoms with van der Waals surface area (Å²) in [5.74, 6) is 0.219. The highest BCUT2D eigenvalue weighted by atomic mass is 16.7. The van der Waals surface area contributed by atoms with Crippen LogP contribution in [0.25, 0.3) is 0 Å². The van der Waals surface area contributed by atoms with Crippen LogP contribution in [0, 0.1) is 5.92 Å². The van der Waals surface area contributed by atoms with Crippen LogP contribution >= 0.6 is 0 Å². The molecule has 0 aliphatic heterocycles. The van der Waals surface area contributed by atoms with Crippen molar-refractivity contribution in [2.45, 2.75) is 130 Å². The zero-order valence-corrected chi connectivity index (χ0v) is 18.2. The van der Waals surface area contributed by atoms with Crippen LogP contribution in [-0.2, 0) is 9.47 Å². The smallest absolute Gasteiger partial charge is 0.171 e. The molecule has 0 rings (SSSR count).